The number of phenols is 1. The Morgan fingerprint density at radius 1 is 1.06 bits per heavy atom. The molecule has 7 nitrogen and oxygen atoms in total. The van der Waals surface area contributed by atoms with Crippen molar-refractivity contribution in [2.45, 2.75) is 6.54 Å². The van der Waals surface area contributed by atoms with Crippen LogP contribution in [0.25, 0.3) is 6.08 Å². The number of carbonyl (C=O) groups is 1. The summed E-state index contributed by atoms with van der Waals surface area (Å²) in [5, 5.41) is 10.8. The molecule has 162 valence electrons. The normalized spacial score (nSPS) is 18.4. The Hall–Kier alpha value is -2.97. The topological polar surface area (TPSA) is 74.6 Å². The van der Waals surface area contributed by atoms with Gasteiger partial charge in [0, 0.05) is 32.7 Å². The standard InChI is InChI=1S/C23H25N3O4S/c1-29-18-12-17(13-19(30-2)21(18)27)14-20-22(28)24-23(31-20)26-10-8-25(9-11-26)15-16-6-4-3-5-7-16/h3-7,12-14,27H,8-11,15H2,1-2H3. The fourth-order valence-electron chi connectivity index (χ4n) is 3.62. The largest absolute Gasteiger partial charge is 0.502 e. The van der Waals surface area contributed by atoms with Crippen LogP contribution in [0.5, 0.6) is 17.2 Å². The third-order valence-corrected chi connectivity index (χ3v) is 6.35. The van der Waals surface area contributed by atoms with Crippen molar-refractivity contribution in [1.29, 1.82) is 0 Å². The molecular weight excluding hydrogens is 414 g/mol. The Bertz CT molecular complexity index is 990. The molecule has 31 heavy (non-hydrogen) atoms. The molecule has 2 heterocycles. The van der Waals surface area contributed by atoms with Gasteiger partial charge in [0.25, 0.3) is 5.91 Å². The number of carbonyl (C=O) groups excluding carboxylic acids is 1. The van der Waals surface area contributed by atoms with Crippen LogP contribution in [-0.4, -0.2) is 66.4 Å². The van der Waals surface area contributed by atoms with Crippen molar-refractivity contribution in [3.8, 4) is 17.2 Å². The number of ether oxygens (including phenoxy) is 2. The number of hydrogen-bond donors (Lipinski definition) is 1. The highest BCUT2D eigenvalue weighted by atomic mass is 32.2. The average molecular weight is 440 g/mol. The minimum atomic E-state index is -0.252. The number of nitrogens with zero attached hydrogens (tertiary/aromatic N) is 3. The number of piperazine rings is 1. The minimum Gasteiger partial charge on any atom is -0.502 e. The second-order valence-corrected chi connectivity index (χ2v) is 8.34. The highest BCUT2D eigenvalue weighted by molar-refractivity contribution is 8.18. The van der Waals surface area contributed by atoms with Gasteiger partial charge < -0.3 is 19.5 Å². The first-order valence-corrected chi connectivity index (χ1v) is 10.9. The molecule has 0 saturated carbocycles. The van der Waals surface area contributed by atoms with Gasteiger partial charge in [-0.2, -0.15) is 4.99 Å². The maximum absolute atomic E-state index is 12.5. The Labute approximate surface area is 186 Å². The van der Waals surface area contributed by atoms with Crippen LogP contribution in [0.1, 0.15) is 11.1 Å². The van der Waals surface area contributed by atoms with E-state index in [2.05, 4.69) is 39.1 Å². The molecule has 1 N–H and O–H groups in total. The monoisotopic (exact) mass is 439 g/mol. The predicted octanol–water partition coefficient (Wildman–Crippen LogP) is 3.20. The van der Waals surface area contributed by atoms with Crippen molar-refractivity contribution in [2.24, 2.45) is 4.99 Å². The fourth-order valence-corrected chi connectivity index (χ4v) is 4.59. The lowest BCUT2D eigenvalue weighted by Gasteiger charge is -2.35. The van der Waals surface area contributed by atoms with Gasteiger partial charge in [-0.05, 0) is 41.1 Å². The quantitative estimate of drug-likeness (QED) is 0.717. The lowest BCUT2D eigenvalue weighted by molar-refractivity contribution is -0.113. The lowest BCUT2D eigenvalue weighted by Crippen LogP contribution is -2.47. The van der Waals surface area contributed by atoms with Gasteiger partial charge in [-0.25, -0.2) is 0 Å². The van der Waals surface area contributed by atoms with Crippen LogP contribution in [-0.2, 0) is 11.3 Å². The maximum Gasteiger partial charge on any atom is 0.286 e. The second-order valence-electron chi connectivity index (χ2n) is 7.33. The van der Waals surface area contributed by atoms with Gasteiger partial charge in [0.15, 0.2) is 16.7 Å². The van der Waals surface area contributed by atoms with Gasteiger partial charge in [-0.3, -0.25) is 9.69 Å². The summed E-state index contributed by atoms with van der Waals surface area (Å²) in [6.07, 6.45) is 1.75. The lowest BCUT2D eigenvalue weighted by atomic mass is 10.1. The molecule has 0 aromatic heterocycles. The molecule has 0 atom stereocenters. The van der Waals surface area contributed by atoms with E-state index in [0.29, 0.717) is 10.5 Å². The summed E-state index contributed by atoms with van der Waals surface area (Å²) < 4.78 is 10.4. The number of rotatable bonds is 5. The van der Waals surface area contributed by atoms with E-state index in [-0.39, 0.29) is 23.2 Å². The molecular formula is C23H25N3O4S. The van der Waals surface area contributed by atoms with Gasteiger partial charge in [0.1, 0.15) is 0 Å². The van der Waals surface area contributed by atoms with Crippen molar-refractivity contribution < 1.29 is 19.4 Å². The van der Waals surface area contributed by atoms with Crippen molar-refractivity contribution in [1.82, 2.24) is 9.80 Å². The van der Waals surface area contributed by atoms with Crippen molar-refractivity contribution in [2.75, 3.05) is 40.4 Å². The summed E-state index contributed by atoms with van der Waals surface area (Å²) in [4.78, 5) is 21.9. The number of hydrogen-bond acceptors (Lipinski definition) is 7. The Balaban J connectivity index is 1.40. The van der Waals surface area contributed by atoms with E-state index >= 15 is 0 Å². The third-order valence-electron chi connectivity index (χ3n) is 5.30. The molecule has 0 aliphatic carbocycles. The highest BCUT2D eigenvalue weighted by Crippen LogP contribution is 2.39. The molecule has 2 aromatic rings. The number of amidine groups is 1. The number of methoxy groups -OCH3 is 2. The summed E-state index contributed by atoms with van der Waals surface area (Å²) >= 11 is 1.38. The third kappa shape index (κ3) is 4.86. The number of thioether (sulfide) groups is 1. The van der Waals surface area contributed by atoms with E-state index in [9.17, 15) is 9.90 Å². The van der Waals surface area contributed by atoms with Crippen LogP contribution < -0.4 is 9.47 Å². The van der Waals surface area contributed by atoms with Crippen molar-refractivity contribution >= 4 is 28.9 Å². The zero-order chi connectivity index (χ0) is 21.8. The first-order chi connectivity index (χ1) is 15.1. The van der Waals surface area contributed by atoms with Crippen molar-refractivity contribution in [3.63, 3.8) is 0 Å². The molecule has 2 aliphatic rings. The number of amides is 1. The van der Waals surface area contributed by atoms with Gasteiger partial charge in [-0.15, -0.1) is 0 Å². The number of aliphatic imine (C=N–C) groups is 1. The molecule has 0 spiro atoms. The van der Waals surface area contributed by atoms with Gasteiger partial charge in [-0.1, -0.05) is 30.3 Å². The van der Waals surface area contributed by atoms with E-state index in [1.807, 2.05) is 6.07 Å². The Kier molecular flexibility index (Phi) is 6.48. The van der Waals surface area contributed by atoms with Crippen LogP contribution in [0.4, 0.5) is 0 Å². The zero-order valence-electron chi connectivity index (χ0n) is 17.6. The number of benzene rings is 2. The summed E-state index contributed by atoms with van der Waals surface area (Å²) in [6, 6.07) is 13.8. The molecule has 1 fully saturated rings. The fraction of sp³-hybridized carbons (Fsp3) is 0.304. The average Bonchev–Trinajstić information content (AvgIpc) is 3.16. The van der Waals surface area contributed by atoms with Gasteiger partial charge >= 0.3 is 0 Å². The molecule has 2 aromatic carbocycles. The Morgan fingerprint density at radius 2 is 1.71 bits per heavy atom. The predicted molar refractivity (Wildman–Crippen MR) is 123 cm³/mol. The van der Waals surface area contributed by atoms with Crippen LogP contribution in [0, 0.1) is 0 Å². The summed E-state index contributed by atoms with van der Waals surface area (Å²) in [5.74, 6) is 0.259. The molecule has 0 bridgehead atoms. The first kappa shape index (κ1) is 21.3. The molecule has 0 unspecified atom stereocenters. The first-order valence-electron chi connectivity index (χ1n) is 10.1. The van der Waals surface area contributed by atoms with E-state index < -0.39 is 0 Å². The second kappa shape index (κ2) is 9.45. The molecule has 4 rings (SSSR count). The minimum absolute atomic E-state index is 0.0668. The summed E-state index contributed by atoms with van der Waals surface area (Å²) in [7, 11) is 2.94. The van der Waals surface area contributed by atoms with E-state index in [1.165, 1.54) is 31.5 Å². The summed E-state index contributed by atoms with van der Waals surface area (Å²) in [5.41, 5.74) is 2.01. The molecule has 8 heteroatoms. The summed E-state index contributed by atoms with van der Waals surface area (Å²) in [6.45, 7) is 4.45. The Morgan fingerprint density at radius 3 is 2.32 bits per heavy atom. The van der Waals surface area contributed by atoms with E-state index in [4.69, 9.17) is 9.47 Å². The van der Waals surface area contributed by atoms with Crippen LogP contribution in [0.2, 0.25) is 0 Å². The molecule has 1 saturated heterocycles. The molecule has 1 amide bonds. The van der Waals surface area contributed by atoms with Gasteiger partial charge in [0.05, 0.1) is 19.1 Å². The molecule has 0 radical (unpaired) electrons. The zero-order valence-corrected chi connectivity index (χ0v) is 18.4. The SMILES string of the molecule is COc1cc(C=C2SC(N3CCN(Cc4ccccc4)CC3)=NC2=O)cc(OC)c1O. The smallest absolute Gasteiger partial charge is 0.286 e. The van der Waals surface area contributed by atoms with E-state index in [1.54, 1.807) is 18.2 Å². The van der Waals surface area contributed by atoms with Crippen LogP contribution in [0.15, 0.2) is 52.4 Å². The number of aromatic hydroxyl groups is 1. The number of phenolic OH excluding ortho intramolecular Hbond substituents is 1. The van der Waals surface area contributed by atoms with Crippen LogP contribution >= 0.6 is 11.8 Å². The van der Waals surface area contributed by atoms with Crippen molar-refractivity contribution in [3.05, 3.63) is 58.5 Å². The van der Waals surface area contributed by atoms with E-state index in [0.717, 1.165) is 37.9 Å². The highest BCUT2D eigenvalue weighted by Gasteiger charge is 2.28. The molecule has 2 aliphatic heterocycles. The van der Waals surface area contributed by atoms with Crippen LogP contribution in [0.3, 0.4) is 0 Å². The maximum atomic E-state index is 12.5. The van der Waals surface area contributed by atoms with Gasteiger partial charge in [0.2, 0.25) is 5.75 Å².